The van der Waals surface area contributed by atoms with Gasteiger partial charge in [-0.3, -0.25) is 0 Å². The van der Waals surface area contributed by atoms with E-state index in [9.17, 15) is 0 Å². The van der Waals surface area contributed by atoms with Crippen LogP contribution < -0.4 is 0 Å². The van der Waals surface area contributed by atoms with Crippen LogP contribution in [-0.4, -0.2) is 0 Å². The molecule has 0 spiro atoms. The zero-order valence-electron chi connectivity index (χ0n) is 19.5. The summed E-state index contributed by atoms with van der Waals surface area (Å²) in [5.41, 5.74) is 11.7. The lowest BCUT2D eigenvalue weighted by Gasteiger charge is -2.21. The average molecular weight is 409 g/mol. The van der Waals surface area contributed by atoms with E-state index in [1.165, 1.54) is 50.1 Å². The van der Waals surface area contributed by atoms with Crippen LogP contribution in [0.25, 0.3) is 0 Å². The summed E-state index contributed by atoms with van der Waals surface area (Å²) in [6.07, 6.45) is 0.819. The molecule has 0 amide bonds. The normalized spacial score (nSPS) is 11.3. The Kier molecular flexibility index (Phi) is 5.87. The fourth-order valence-corrected chi connectivity index (χ4v) is 4.44. The van der Waals surface area contributed by atoms with E-state index >= 15 is 0 Å². The molecule has 0 N–H and O–H groups in total. The molecule has 1 heteroatoms. The Bertz CT molecular complexity index is 1170. The molecule has 31 heavy (non-hydrogen) atoms. The summed E-state index contributed by atoms with van der Waals surface area (Å²) in [5.74, 6) is 2.12. The summed E-state index contributed by atoms with van der Waals surface area (Å²) in [5, 5.41) is 0. The third-order valence-electron chi connectivity index (χ3n) is 6.33. The highest BCUT2D eigenvalue weighted by Crippen LogP contribution is 2.37. The maximum absolute atomic E-state index is 6.54. The van der Waals surface area contributed by atoms with Crippen LogP contribution in [-0.2, 0) is 6.42 Å². The predicted octanol–water partition coefficient (Wildman–Crippen LogP) is 7.90. The van der Waals surface area contributed by atoms with Crippen LogP contribution >= 0.6 is 0 Å². The average Bonchev–Trinajstić information content (AvgIpc) is 3.18. The molecule has 0 bridgehead atoms. The summed E-state index contributed by atoms with van der Waals surface area (Å²) < 4.78 is 6.54. The monoisotopic (exact) mass is 408 g/mol. The maximum Gasteiger partial charge on any atom is 0.116 e. The first-order valence-electron chi connectivity index (χ1n) is 11.1. The first-order chi connectivity index (χ1) is 14.8. The Balaban J connectivity index is 1.81. The van der Waals surface area contributed by atoms with E-state index < -0.39 is 0 Å². The van der Waals surface area contributed by atoms with Gasteiger partial charge in [0.2, 0.25) is 0 Å². The minimum Gasteiger partial charge on any atom is -0.465 e. The third-order valence-corrected chi connectivity index (χ3v) is 6.33. The SMILES string of the molecule is Cc1ccc(C)c(Cc2ccc(C(c3cc(C)ccc3C)c3cc(C)ccc3C)o2)c1. The summed E-state index contributed by atoms with van der Waals surface area (Å²) >= 11 is 0. The number of hydrogen-bond donors (Lipinski definition) is 0. The van der Waals surface area contributed by atoms with Crippen molar-refractivity contribution in [2.75, 3.05) is 0 Å². The van der Waals surface area contributed by atoms with Crippen molar-refractivity contribution in [2.45, 2.75) is 53.9 Å². The lowest BCUT2D eigenvalue weighted by atomic mass is 9.83. The smallest absolute Gasteiger partial charge is 0.116 e. The first-order valence-corrected chi connectivity index (χ1v) is 11.1. The second-order valence-corrected chi connectivity index (χ2v) is 9.06. The number of aryl methyl sites for hydroxylation is 6. The largest absolute Gasteiger partial charge is 0.465 e. The predicted molar refractivity (Wildman–Crippen MR) is 130 cm³/mol. The lowest BCUT2D eigenvalue weighted by molar-refractivity contribution is 0.467. The van der Waals surface area contributed by atoms with E-state index in [0.29, 0.717) is 0 Å². The van der Waals surface area contributed by atoms with Crippen molar-refractivity contribution in [1.29, 1.82) is 0 Å². The van der Waals surface area contributed by atoms with Gasteiger partial charge in [0.05, 0.1) is 5.92 Å². The number of furan rings is 1. The standard InChI is InChI=1S/C30H32O/c1-19-7-10-22(4)25(15-19)18-26-13-14-29(31-26)30(27-16-20(2)8-11-23(27)5)28-17-21(3)9-12-24(28)6/h7-17,30H,18H2,1-6H3. The van der Waals surface area contributed by atoms with E-state index in [0.717, 1.165) is 17.9 Å². The fraction of sp³-hybridized carbons (Fsp3) is 0.267. The van der Waals surface area contributed by atoms with Crippen molar-refractivity contribution in [3.63, 3.8) is 0 Å². The molecule has 0 fully saturated rings. The Labute approximate surface area is 186 Å². The van der Waals surface area contributed by atoms with Crippen molar-refractivity contribution >= 4 is 0 Å². The van der Waals surface area contributed by atoms with Crippen LogP contribution in [0.3, 0.4) is 0 Å². The molecule has 0 aliphatic heterocycles. The minimum absolute atomic E-state index is 0.0900. The molecule has 3 aromatic carbocycles. The molecule has 0 aliphatic carbocycles. The highest BCUT2D eigenvalue weighted by molar-refractivity contribution is 5.48. The van der Waals surface area contributed by atoms with Gasteiger partial charge in [0.25, 0.3) is 0 Å². The number of rotatable bonds is 5. The molecule has 0 atom stereocenters. The number of benzene rings is 3. The fourth-order valence-electron chi connectivity index (χ4n) is 4.44. The van der Waals surface area contributed by atoms with E-state index in [1.54, 1.807) is 0 Å². The Morgan fingerprint density at radius 2 is 1.10 bits per heavy atom. The molecule has 4 aromatic rings. The van der Waals surface area contributed by atoms with Gasteiger partial charge in [0, 0.05) is 6.42 Å². The van der Waals surface area contributed by atoms with Gasteiger partial charge in [-0.15, -0.1) is 0 Å². The lowest BCUT2D eigenvalue weighted by Crippen LogP contribution is -2.07. The highest BCUT2D eigenvalue weighted by atomic mass is 16.3. The van der Waals surface area contributed by atoms with Gasteiger partial charge in [-0.25, -0.2) is 0 Å². The van der Waals surface area contributed by atoms with Gasteiger partial charge in [0.15, 0.2) is 0 Å². The molecule has 4 rings (SSSR count). The molecule has 1 heterocycles. The van der Waals surface area contributed by atoms with Crippen molar-refractivity contribution < 1.29 is 4.42 Å². The van der Waals surface area contributed by atoms with Gasteiger partial charge >= 0.3 is 0 Å². The van der Waals surface area contributed by atoms with Crippen LogP contribution in [0.2, 0.25) is 0 Å². The molecular weight excluding hydrogens is 376 g/mol. The Hall–Kier alpha value is -3.06. The van der Waals surface area contributed by atoms with Gasteiger partial charge < -0.3 is 4.42 Å². The maximum atomic E-state index is 6.54. The third kappa shape index (κ3) is 4.51. The van der Waals surface area contributed by atoms with Crippen molar-refractivity contribution in [3.05, 3.63) is 128 Å². The molecule has 0 unspecified atom stereocenters. The van der Waals surface area contributed by atoms with Gasteiger partial charge in [-0.2, -0.15) is 0 Å². The van der Waals surface area contributed by atoms with Crippen LogP contribution in [0.15, 0.2) is 71.1 Å². The van der Waals surface area contributed by atoms with E-state index in [-0.39, 0.29) is 5.92 Å². The van der Waals surface area contributed by atoms with Crippen LogP contribution in [0.1, 0.15) is 67.5 Å². The molecular formula is C30H32O. The first kappa shape index (κ1) is 21.2. The summed E-state index contributed by atoms with van der Waals surface area (Å²) in [6, 6.07) is 24.4. The minimum atomic E-state index is 0.0900. The zero-order valence-corrected chi connectivity index (χ0v) is 19.5. The molecule has 1 nitrogen and oxygen atoms in total. The quantitative estimate of drug-likeness (QED) is 0.327. The highest BCUT2D eigenvalue weighted by Gasteiger charge is 2.24. The van der Waals surface area contributed by atoms with E-state index in [1.807, 2.05) is 0 Å². The van der Waals surface area contributed by atoms with Gasteiger partial charge in [0.1, 0.15) is 11.5 Å². The van der Waals surface area contributed by atoms with E-state index in [4.69, 9.17) is 4.42 Å². The zero-order chi connectivity index (χ0) is 22.1. The van der Waals surface area contributed by atoms with Crippen LogP contribution in [0.5, 0.6) is 0 Å². The molecule has 0 saturated carbocycles. The molecule has 0 aliphatic rings. The van der Waals surface area contributed by atoms with E-state index in [2.05, 4.69) is 108 Å². The molecule has 158 valence electrons. The topological polar surface area (TPSA) is 13.1 Å². The molecule has 0 radical (unpaired) electrons. The van der Waals surface area contributed by atoms with Crippen LogP contribution in [0, 0.1) is 41.5 Å². The summed E-state index contributed by atoms with van der Waals surface area (Å²) in [6.45, 7) is 13.1. The summed E-state index contributed by atoms with van der Waals surface area (Å²) in [4.78, 5) is 0. The Morgan fingerprint density at radius 3 is 1.68 bits per heavy atom. The molecule has 1 aromatic heterocycles. The van der Waals surface area contributed by atoms with Crippen molar-refractivity contribution in [1.82, 2.24) is 0 Å². The summed E-state index contributed by atoms with van der Waals surface area (Å²) in [7, 11) is 0. The Morgan fingerprint density at radius 1 is 0.581 bits per heavy atom. The van der Waals surface area contributed by atoms with Crippen molar-refractivity contribution in [2.24, 2.45) is 0 Å². The second-order valence-electron chi connectivity index (χ2n) is 9.06. The van der Waals surface area contributed by atoms with Crippen molar-refractivity contribution in [3.8, 4) is 0 Å². The molecule has 0 saturated heterocycles. The second kappa shape index (κ2) is 8.59. The number of hydrogen-bond acceptors (Lipinski definition) is 1. The van der Waals surface area contributed by atoms with Gasteiger partial charge in [-0.05, 0) is 87.1 Å². The van der Waals surface area contributed by atoms with Crippen LogP contribution in [0.4, 0.5) is 0 Å². The van der Waals surface area contributed by atoms with Gasteiger partial charge in [-0.1, -0.05) is 71.3 Å².